The zero-order valence-corrected chi connectivity index (χ0v) is 15.3. The molecule has 4 aromatic rings. The van der Waals surface area contributed by atoms with Gasteiger partial charge in [0.2, 0.25) is 0 Å². The summed E-state index contributed by atoms with van der Waals surface area (Å²) in [4.78, 5) is 30.5. The third-order valence-corrected chi connectivity index (χ3v) is 5.26. The van der Waals surface area contributed by atoms with E-state index in [1.54, 1.807) is 12.4 Å². The third-order valence-electron chi connectivity index (χ3n) is 5.26. The summed E-state index contributed by atoms with van der Waals surface area (Å²) in [7, 11) is 0. The molecule has 28 heavy (non-hydrogen) atoms. The number of H-pyrrole nitrogens is 1. The standard InChI is InChI=1S/C22H19N5O/c28-22-19-8-9-27(12-16-6-3-5-15-4-1-2-7-18(15)16)13-20(19)25-21(26-22)17-10-23-14-24-11-17/h1-7,10-11,14H,8-9,12-13H2,(H,25,26,28). The first kappa shape index (κ1) is 16.8. The van der Waals surface area contributed by atoms with Crippen LogP contribution in [0.15, 0.2) is 66.0 Å². The van der Waals surface area contributed by atoms with Gasteiger partial charge in [-0.3, -0.25) is 9.69 Å². The highest BCUT2D eigenvalue weighted by Crippen LogP contribution is 2.23. The Balaban J connectivity index is 1.46. The fourth-order valence-corrected chi connectivity index (χ4v) is 3.86. The monoisotopic (exact) mass is 369 g/mol. The molecule has 6 nitrogen and oxygen atoms in total. The van der Waals surface area contributed by atoms with Gasteiger partial charge in [-0.25, -0.2) is 15.0 Å². The molecule has 0 radical (unpaired) electrons. The molecule has 2 aromatic carbocycles. The van der Waals surface area contributed by atoms with E-state index >= 15 is 0 Å². The minimum Gasteiger partial charge on any atom is -0.306 e. The van der Waals surface area contributed by atoms with Gasteiger partial charge in [0.15, 0.2) is 0 Å². The van der Waals surface area contributed by atoms with Gasteiger partial charge in [-0.05, 0) is 22.8 Å². The molecule has 3 heterocycles. The van der Waals surface area contributed by atoms with Gasteiger partial charge in [-0.2, -0.15) is 0 Å². The molecular formula is C22H19N5O. The Morgan fingerprint density at radius 3 is 2.75 bits per heavy atom. The van der Waals surface area contributed by atoms with E-state index < -0.39 is 0 Å². The van der Waals surface area contributed by atoms with Crippen molar-refractivity contribution in [3.8, 4) is 11.4 Å². The Labute approximate surface area is 161 Å². The zero-order valence-electron chi connectivity index (χ0n) is 15.3. The number of nitrogens with one attached hydrogen (secondary N) is 1. The maximum Gasteiger partial charge on any atom is 0.254 e. The Morgan fingerprint density at radius 2 is 1.86 bits per heavy atom. The van der Waals surface area contributed by atoms with E-state index in [0.717, 1.165) is 24.3 Å². The van der Waals surface area contributed by atoms with E-state index in [9.17, 15) is 4.79 Å². The average Bonchev–Trinajstić information content (AvgIpc) is 2.74. The van der Waals surface area contributed by atoms with Crippen LogP contribution in [0.4, 0.5) is 0 Å². The van der Waals surface area contributed by atoms with Gasteiger partial charge >= 0.3 is 0 Å². The first-order valence-corrected chi connectivity index (χ1v) is 9.34. The van der Waals surface area contributed by atoms with Gasteiger partial charge in [0.05, 0.1) is 11.3 Å². The van der Waals surface area contributed by atoms with Crippen LogP contribution < -0.4 is 5.56 Å². The smallest absolute Gasteiger partial charge is 0.254 e. The van der Waals surface area contributed by atoms with Crippen molar-refractivity contribution in [2.24, 2.45) is 0 Å². The van der Waals surface area contributed by atoms with E-state index in [0.29, 0.717) is 24.4 Å². The maximum absolute atomic E-state index is 12.5. The number of rotatable bonds is 3. The molecule has 0 aliphatic carbocycles. The van der Waals surface area contributed by atoms with Crippen molar-refractivity contribution in [2.45, 2.75) is 19.5 Å². The van der Waals surface area contributed by atoms with Crippen molar-refractivity contribution >= 4 is 10.8 Å². The van der Waals surface area contributed by atoms with Crippen molar-refractivity contribution in [1.82, 2.24) is 24.8 Å². The van der Waals surface area contributed by atoms with Gasteiger partial charge in [0.1, 0.15) is 12.2 Å². The highest BCUT2D eigenvalue weighted by molar-refractivity contribution is 5.85. The fraction of sp³-hybridized carbons (Fsp3) is 0.182. The van der Waals surface area contributed by atoms with E-state index in [1.165, 1.54) is 22.7 Å². The quantitative estimate of drug-likeness (QED) is 0.601. The second-order valence-corrected chi connectivity index (χ2v) is 7.07. The Bertz CT molecular complexity index is 1200. The number of aromatic amines is 1. The normalized spacial score (nSPS) is 14.1. The summed E-state index contributed by atoms with van der Waals surface area (Å²) < 4.78 is 0. The van der Waals surface area contributed by atoms with Crippen LogP contribution in [0, 0.1) is 0 Å². The van der Waals surface area contributed by atoms with Crippen molar-refractivity contribution in [3.05, 3.63) is 88.4 Å². The SMILES string of the molecule is O=c1[nH]c(-c2cncnc2)nc2c1CCN(Cc1cccc3ccccc13)C2. The topological polar surface area (TPSA) is 74.8 Å². The first-order valence-electron chi connectivity index (χ1n) is 9.34. The summed E-state index contributed by atoms with van der Waals surface area (Å²) in [5.74, 6) is 0.524. The van der Waals surface area contributed by atoms with Crippen LogP contribution in [-0.4, -0.2) is 31.4 Å². The van der Waals surface area contributed by atoms with Crippen LogP contribution in [0.1, 0.15) is 16.8 Å². The predicted molar refractivity (Wildman–Crippen MR) is 108 cm³/mol. The molecule has 0 bridgehead atoms. The number of aromatic nitrogens is 4. The summed E-state index contributed by atoms with van der Waals surface area (Å²) >= 11 is 0. The van der Waals surface area contributed by atoms with E-state index in [1.807, 2.05) is 0 Å². The van der Waals surface area contributed by atoms with Gasteiger partial charge in [0, 0.05) is 37.6 Å². The number of benzene rings is 2. The molecule has 0 saturated carbocycles. The predicted octanol–water partition coefficient (Wildman–Crippen LogP) is 2.94. The molecule has 1 N–H and O–H groups in total. The molecular weight excluding hydrogens is 350 g/mol. The maximum atomic E-state index is 12.5. The number of fused-ring (bicyclic) bond motifs is 2. The highest BCUT2D eigenvalue weighted by atomic mass is 16.1. The Hall–Kier alpha value is -3.38. The second-order valence-electron chi connectivity index (χ2n) is 7.07. The molecule has 0 spiro atoms. The fourth-order valence-electron chi connectivity index (χ4n) is 3.86. The summed E-state index contributed by atoms with van der Waals surface area (Å²) in [6.45, 7) is 2.33. The molecule has 1 aliphatic heterocycles. The molecule has 138 valence electrons. The molecule has 0 saturated heterocycles. The van der Waals surface area contributed by atoms with Crippen LogP contribution in [0.3, 0.4) is 0 Å². The molecule has 0 atom stereocenters. The summed E-state index contributed by atoms with van der Waals surface area (Å²) in [5, 5.41) is 2.52. The minimum absolute atomic E-state index is 0.0614. The molecule has 5 rings (SSSR count). The molecule has 0 amide bonds. The van der Waals surface area contributed by atoms with Crippen molar-refractivity contribution in [1.29, 1.82) is 0 Å². The molecule has 6 heteroatoms. The van der Waals surface area contributed by atoms with Crippen molar-refractivity contribution in [2.75, 3.05) is 6.54 Å². The van der Waals surface area contributed by atoms with Gasteiger partial charge < -0.3 is 4.98 Å². The summed E-state index contributed by atoms with van der Waals surface area (Å²) in [6, 6.07) is 14.9. The van der Waals surface area contributed by atoms with E-state index in [2.05, 4.69) is 62.3 Å². The summed E-state index contributed by atoms with van der Waals surface area (Å²) in [5.41, 5.74) is 3.58. The van der Waals surface area contributed by atoms with E-state index in [4.69, 9.17) is 4.98 Å². The van der Waals surface area contributed by atoms with Crippen molar-refractivity contribution in [3.63, 3.8) is 0 Å². The number of hydrogen-bond donors (Lipinski definition) is 1. The van der Waals surface area contributed by atoms with Crippen LogP contribution in [0.2, 0.25) is 0 Å². The van der Waals surface area contributed by atoms with Crippen LogP contribution >= 0.6 is 0 Å². The zero-order chi connectivity index (χ0) is 18.9. The molecule has 0 unspecified atom stereocenters. The average molecular weight is 369 g/mol. The first-order chi connectivity index (χ1) is 13.8. The summed E-state index contributed by atoms with van der Waals surface area (Å²) in [6.07, 6.45) is 5.49. The minimum atomic E-state index is -0.0614. The van der Waals surface area contributed by atoms with Crippen LogP contribution in [0.25, 0.3) is 22.2 Å². The second kappa shape index (κ2) is 6.98. The number of nitrogens with zero attached hydrogens (tertiary/aromatic N) is 4. The lowest BCUT2D eigenvalue weighted by molar-refractivity contribution is 0.241. The molecule has 0 fully saturated rings. The van der Waals surface area contributed by atoms with Gasteiger partial charge in [-0.1, -0.05) is 42.5 Å². The number of hydrogen-bond acceptors (Lipinski definition) is 5. The third kappa shape index (κ3) is 3.08. The molecule has 1 aliphatic rings. The Kier molecular flexibility index (Phi) is 4.18. The lowest BCUT2D eigenvalue weighted by Crippen LogP contribution is -2.35. The highest BCUT2D eigenvalue weighted by Gasteiger charge is 2.22. The Morgan fingerprint density at radius 1 is 1.04 bits per heavy atom. The lowest BCUT2D eigenvalue weighted by Gasteiger charge is -2.28. The van der Waals surface area contributed by atoms with Gasteiger partial charge in [0.25, 0.3) is 5.56 Å². The molecule has 2 aromatic heterocycles. The largest absolute Gasteiger partial charge is 0.306 e. The van der Waals surface area contributed by atoms with Crippen LogP contribution in [-0.2, 0) is 19.5 Å². The van der Waals surface area contributed by atoms with Crippen molar-refractivity contribution < 1.29 is 0 Å². The van der Waals surface area contributed by atoms with E-state index in [-0.39, 0.29) is 5.56 Å². The van der Waals surface area contributed by atoms with Gasteiger partial charge in [-0.15, -0.1) is 0 Å². The van der Waals surface area contributed by atoms with Crippen LogP contribution in [0.5, 0.6) is 0 Å². The lowest BCUT2D eigenvalue weighted by atomic mass is 10.0.